The Balaban J connectivity index is 2.26. The fraction of sp³-hybridized carbons (Fsp3) is 0.111. The first-order valence-corrected chi connectivity index (χ1v) is 7.96. The number of furan rings is 1. The van der Waals surface area contributed by atoms with Crippen LogP contribution in [0.25, 0.3) is 27.6 Å². The predicted molar refractivity (Wildman–Crippen MR) is 96.4 cm³/mol. The van der Waals surface area contributed by atoms with E-state index < -0.39 is 11.5 Å². The van der Waals surface area contributed by atoms with Gasteiger partial charge in [-0.15, -0.1) is 0 Å². The van der Waals surface area contributed by atoms with Crippen LogP contribution in [0.4, 0.5) is 10.2 Å². The summed E-state index contributed by atoms with van der Waals surface area (Å²) in [6.45, 7) is 1.61. The van der Waals surface area contributed by atoms with Crippen LogP contribution in [0, 0.1) is 12.7 Å². The molecule has 2 heterocycles. The topological polar surface area (TPSA) is 60.1 Å². The molecule has 0 unspecified atom stereocenters. The number of fused-ring (bicyclic) bond motifs is 3. The Morgan fingerprint density at radius 2 is 2.12 bits per heavy atom. The minimum atomic E-state index is -0.535. The van der Waals surface area contributed by atoms with E-state index in [2.05, 4.69) is 10.3 Å². The van der Waals surface area contributed by atoms with E-state index in [0.29, 0.717) is 44.0 Å². The van der Waals surface area contributed by atoms with Gasteiger partial charge in [-0.2, -0.15) is 4.98 Å². The highest BCUT2D eigenvalue weighted by Gasteiger charge is 2.19. The lowest BCUT2D eigenvalue weighted by atomic mass is 10.1. The second-order valence-electron chi connectivity index (χ2n) is 5.63. The summed E-state index contributed by atoms with van der Waals surface area (Å²) in [4.78, 5) is 16.8. The minimum Gasteiger partial charge on any atom is -0.463 e. The molecule has 0 spiro atoms. The van der Waals surface area contributed by atoms with E-state index >= 15 is 0 Å². The maximum absolute atomic E-state index is 14.0. The van der Waals surface area contributed by atoms with Crippen LogP contribution in [0.5, 0.6) is 0 Å². The van der Waals surface area contributed by atoms with Crippen molar-refractivity contribution < 1.29 is 8.81 Å². The summed E-state index contributed by atoms with van der Waals surface area (Å²) < 4.78 is 21.0. The van der Waals surface area contributed by atoms with Gasteiger partial charge in [0.1, 0.15) is 17.2 Å². The molecule has 25 heavy (non-hydrogen) atoms. The zero-order valence-electron chi connectivity index (χ0n) is 13.4. The van der Waals surface area contributed by atoms with Crippen LogP contribution in [0.1, 0.15) is 5.56 Å². The molecule has 2 aromatic carbocycles. The molecular weight excluding hydrogens is 345 g/mol. The lowest BCUT2D eigenvalue weighted by Gasteiger charge is -2.15. The molecule has 5 nitrogen and oxygen atoms in total. The van der Waals surface area contributed by atoms with Crippen molar-refractivity contribution >= 4 is 39.3 Å². The van der Waals surface area contributed by atoms with Crippen LogP contribution in [-0.2, 0) is 0 Å². The second kappa shape index (κ2) is 5.60. The highest BCUT2D eigenvalue weighted by Crippen LogP contribution is 2.36. The van der Waals surface area contributed by atoms with Crippen LogP contribution in [0.3, 0.4) is 0 Å². The number of hydrogen-bond acceptors (Lipinski definition) is 4. The Hall–Kier alpha value is -2.86. The third-order valence-electron chi connectivity index (χ3n) is 4.26. The highest BCUT2D eigenvalue weighted by atomic mass is 35.5. The predicted octanol–water partition coefficient (Wildman–Crippen LogP) is 4.27. The maximum Gasteiger partial charge on any atom is 0.354 e. The Bertz CT molecular complexity index is 1200. The maximum atomic E-state index is 14.0. The summed E-state index contributed by atoms with van der Waals surface area (Å²) in [5.41, 5.74) is 1.23. The van der Waals surface area contributed by atoms with Crippen molar-refractivity contribution in [3.63, 3.8) is 0 Å². The zero-order chi connectivity index (χ0) is 17.7. The first kappa shape index (κ1) is 15.7. The van der Waals surface area contributed by atoms with Gasteiger partial charge in [0.2, 0.25) is 0 Å². The molecule has 0 bridgehead atoms. The zero-order valence-corrected chi connectivity index (χ0v) is 14.2. The average molecular weight is 358 g/mol. The number of anilines is 1. The van der Waals surface area contributed by atoms with Gasteiger partial charge in [-0.3, -0.25) is 4.57 Å². The van der Waals surface area contributed by atoms with Gasteiger partial charge in [0.05, 0.1) is 27.9 Å². The van der Waals surface area contributed by atoms with Crippen LogP contribution in [0.2, 0.25) is 5.02 Å². The van der Waals surface area contributed by atoms with Gasteiger partial charge in [0.15, 0.2) is 0 Å². The van der Waals surface area contributed by atoms with Crippen molar-refractivity contribution in [1.29, 1.82) is 0 Å². The number of hydrogen-bond donors (Lipinski definition) is 1. The fourth-order valence-corrected chi connectivity index (χ4v) is 3.29. The molecule has 1 N–H and O–H groups in total. The molecule has 0 aliphatic rings. The Morgan fingerprint density at radius 1 is 1.32 bits per heavy atom. The van der Waals surface area contributed by atoms with Gasteiger partial charge in [0.25, 0.3) is 0 Å². The normalized spacial score (nSPS) is 11.4. The standard InChI is InChI=1S/C18H13ClFN3O2/c1-9-12(20)4-3-5-13(9)23-14-8-11(19)10-6-7-25-16(10)15(14)17(21-2)22-18(23)24/h3-8H,1-2H3,(H,21,22,24). The molecule has 4 rings (SSSR count). The van der Waals surface area contributed by atoms with Crippen LogP contribution in [-0.4, -0.2) is 16.6 Å². The molecule has 126 valence electrons. The molecule has 0 atom stereocenters. The van der Waals surface area contributed by atoms with E-state index in [1.807, 2.05) is 0 Å². The average Bonchev–Trinajstić information content (AvgIpc) is 3.07. The highest BCUT2D eigenvalue weighted by molar-refractivity contribution is 6.37. The summed E-state index contributed by atoms with van der Waals surface area (Å²) in [6, 6.07) is 7.98. The SMILES string of the molecule is CNc1nc(=O)n(-c2cccc(F)c2C)c2cc(Cl)c3ccoc3c12. The fourth-order valence-electron chi connectivity index (χ4n) is 3.04. The number of nitrogens with zero attached hydrogens (tertiary/aromatic N) is 2. The lowest BCUT2D eigenvalue weighted by molar-refractivity contribution is 0.616. The molecule has 7 heteroatoms. The summed E-state index contributed by atoms with van der Waals surface area (Å²) in [5, 5.41) is 4.67. The third-order valence-corrected chi connectivity index (χ3v) is 4.58. The quantitative estimate of drug-likeness (QED) is 0.582. The molecule has 0 saturated heterocycles. The van der Waals surface area contributed by atoms with Crippen molar-refractivity contribution in [2.24, 2.45) is 0 Å². The Kier molecular flexibility index (Phi) is 3.51. The number of benzene rings is 2. The molecule has 2 aromatic heterocycles. The van der Waals surface area contributed by atoms with E-state index in [1.54, 1.807) is 38.2 Å². The van der Waals surface area contributed by atoms with Crippen molar-refractivity contribution in [2.45, 2.75) is 6.92 Å². The largest absolute Gasteiger partial charge is 0.463 e. The Labute approximate surface area is 146 Å². The van der Waals surface area contributed by atoms with Crippen molar-refractivity contribution in [2.75, 3.05) is 12.4 Å². The monoisotopic (exact) mass is 357 g/mol. The lowest BCUT2D eigenvalue weighted by Crippen LogP contribution is -2.24. The van der Waals surface area contributed by atoms with E-state index in [1.165, 1.54) is 16.9 Å². The number of nitrogens with one attached hydrogen (secondary N) is 1. The van der Waals surface area contributed by atoms with Crippen LogP contribution in [0.15, 0.2) is 45.8 Å². The van der Waals surface area contributed by atoms with Crippen LogP contribution < -0.4 is 11.0 Å². The molecule has 0 radical (unpaired) electrons. The van der Waals surface area contributed by atoms with E-state index in [9.17, 15) is 9.18 Å². The summed E-state index contributed by atoms with van der Waals surface area (Å²) >= 11 is 6.37. The molecule has 0 saturated carbocycles. The Morgan fingerprint density at radius 3 is 2.88 bits per heavy atom. The van der Waals surface area contributed by atoms with Gasteiger partial charge in [-0.1, -0.05) is 17.7 Å². The van der Waals surface area contributed by atoms with Gasteiger partial charge >= 0.3 is 5.69 Å². The van der Waals surface area contributed by atoms with Crippen molar-refractivity contribution in [1.82, 2.24) is 9.55 Å². The second-order valence-corrected chi connectivity index (χ2v) is 6.04. The number of aromatic nitrogens is 2. The first-order valence-electron chi connectivity index (χ1n) is 7.58. The van der Waals surface area contributed by atoms with Gasteiger partial charge in [-0.05, 0) is 31.2 Å². The summed E-state index contributed by atoms with van der Waals surface area (Å²) in [6.07, 6.45) is 1.53. The molecule has 0 aliphatic carbocycles. The molecular formula is C18H13ClFN3O2. The van der Waals surface area contributed by atoms with Crippen molar-refractivity contribution in [3.05, 3.63) is 63.5 Å². The molecule has 0 amide bonds. The van der Waals surface area contributed by atoms with Gasteiger partial charge < -0.3 is 9.73 Å². The third kappa shape index (κ3) is 2.21. The molecule has 4 aromatic rings. The van der Waals surface area contributed by atoms with Crippen LogP contribution >= 0.6 is 11.6 Å². The van der Waals surface area contributed by atoms with E-state index in [-0.39, 0.29) is 0 Å². The molecule has 0 fully saturated rings. The van der Waals surface area contributed by atoms with Gasteiger partial charge in [0, 0.05) is 18.0 Å². The van der Waals surface area contributed by atoms with E-state index in [0.717, 1.165) is 0 Å². The summed E-state index contributed by atoms with van der Waals surface area (Å²) in [5.74, 6) is -0.0256. The summed E-state index contributed by atoms with van der Waals surface area (Å²) in [7, 11) is 1.67. The first-order chi connectivity index (χ1) is 12.0. The molecule has 0 aliphatic heterocycles. The minimum absolute atomic E-state index is 0.348. The number of rotatable bonds is 2. The van der Waals surface area contributed by atoms with Crippen molar-refractivity contribution in [3.8, 4) is 5.69 Å². The van der Waals surface area contributed by atoms with Gasteiger partial charge in [-0.25, -0.2) is 9.18 Å². The van der Waals surface area contributed by atoms with E-state index in [4.69, 9.17) is 16.0 Å². The number of halogens is 2. The smallest absolute Gasteiger partial charge is 0.354 e.